The van der Waals surface area contributed by atoms with Gasteiger partial charge in [0.2, 0.25) is 0 Å². The van der Waals surface area contributed by atoms with Crippen molar-refractivity contribution in [3.05, 3.63) is 47.0 Å². The summed E-state index contributed by atoms with van der Waals surface area (Å²) >= 11 is 0. The van der Waals surface area contributed by atoms with Crippen molar-refractivity contribution < 1.29 is 17.9 Å². The van der Waals surface area contributed by atoms with Gasteiger partial charge in [-0.05, 0) is 55.9 Å². The molecule has 34 heavy (non-hydrogen) atoms. The second-order valence-electron chi connectivity index (χ2n) is 9.53. The fourth-order valence-electron chi connectivity index (χ4n) is 5.39. The van der Waals surface area contributed by atoms with Crippen LogP contribution in [0.2, 0.25) is 0 Å². The van der Waals surface area contributed by atoms with E-state index in [0.29, 0.717) is 12.1 Å². The Balaban J connectivity index is 1.54. The summed E-state index contributed by atoms with van der Waals surface area (Å²) in [6.07, 6.45) is 7.35. The molecule has 2 aliphatic rings. The summed E-state index contributed by atoms with van der Waals surface area (Å²) < 4.78 is 31.5. The number of carbonyl (C=O) groups is 1. The molecule has 1 saturated heterocycles. The second-order valence-corrected chi connectivity index (χ2v) is 11.6. The summed E-state index contributed by atoms with van der Waals surface area (Å²) in [5, 5.41) is 0.757. The molecule has 180 valence electrons. The van der Waals surface area contributed by atoms with Gasteiger partial charge in [0.1, 0.15) is 5.52 Å². The minimum atomic E-state index is -3.42. The monoisotopic (exact) mass is 483 g/mol. The number of carbonyl (C=O) groups excluding carboxylic acids is 1. The Labute approximate surface area is 198 Å². The Hall–Kier alpha value is -3.07. The molecule has 1 aliphatic carbocycles. The number of hydrogen-bond acceptors (Lipinski definition) is 6. The summed E-state index contributed by atoms with van der Waals surface area (Å²) in [5.74, 6) is -0.0981. The number of aryl methyl sites for hydroxylation is 1. The van der Waals surface area contributed by atoms with Crippen LogP contribution < -0.4 is 10.5 Å². The molecule has 1 unspecified atom stereocenters. The van der Waals surface area contributed by atoms with Crippen LogP contribution in [0.1, 0.15) is 26.2 Å². The van der Waals surface area contributed by atoms with Gasteiger partial charge in [-0.25, -0.2) is 8.42 Å². The van der Waals surface area contributed by atoms with E-state index in [1.807, 2.05) is 19.1 Å². The molecule has 0 radical (unpaired) electrons. The summed E-state index contributed by atoms with van der Waals surface area (Å²) in [4.78, 5) is 30.3. The van der Waals surface area contributed by atoms with Gasteiger partial charge in [0.15, 0.2) is 9.84 Å². The molecule has 0 amide bonds. The van der Waals surface area contributed by atoms with Crippen LogP contribution in [-0.4, -0.2) is 49.9 Å². The molecule has 1 aromatic carbocycles. The van der Waals surface area contributed by atoms with Crippen LogP contribution in [0.15, 0.2) is 46.3 Å². The maximum atomic E-state index is 12.6. The third-order valence-corrected chi connectivity index (χ3v) is 8.55. The van der Waals surface area contributed by atoms with Gasteiger partial charge in [0, 0.05) is 61.0 Å². The second kappa shape index (κ2) is 8.01. The van der Waals surface area contributed by atoms with Crippen molar-refractivity contribution in [2.75, 3.05) is 30.9 Å². The van der Waals surface area contributed by atoms with Gasteiger partial charge in [-0.1, -0.05) is 0 Å². The third-order valence-electron chi connectivity index (χ3n) is 7.44. The predicted octanol–water partition coefficient (Wildman–Crippen LogP) is 3.11. The van der Waals surface area contributed by atoms with E-state index in [4.69, 9.17) is 4.74 Å². The normalized spacial score (nSPS) is 19.5. The lowest BCUT2D eigenvalue weighted by Gasteiger charge is -2.35. The molecule has 1 atom stereocenters. The highest BCUT2D eigenvalue weighted by atomic mass is 32.2. The van der Waals surface area contributed by atoms with Crippen molar-refractivity contribution in [1.82, 2.24) is 9.55 Å². The largest absolute Gasteiger partial charge is 0.466 e. The molecule has 5 rings (SSSR count). The smallest absolute Gasteiger partial charge is 0.309 e. The molecule has 3 aromatic rings. The SMILES string of the molecule is CCOC(=O)C1CC12CCN(c1ccc(S(C)(=O)=O)cc1-c1cn(C)c(=O)c3[nH]ccc13)CC2. The van der Waals surface area contributed by atoms with Crippen LogP contribution in [-0.2, 0) is 26.4 Å². The molecular formula is C25H29N3O5S. The molecule has 1 N–H and O–H groups in total. The van der Waals surface area contributed by atoms with Gasteiger partial charge in [-0.15, -0.1) is 0 Å². The first-order chi connectivity index (χ1) is 16.1. The van der Waals surface area contributed by atoms with E-state index in [1.54, 1.807) is 31.6 Å². The number of ether oxygens (including phenoxy) is 1. The standard InChI is InChI=1S/C25H29N3O5S/c1-4-33-24(30)20-14-25(20)8-11-28(12-9-25)21-6-5-16(34(3,31)32)13-18(21)19-15-27(2)23(29)22-17(19)7-10-26-22/h5-7,10,13,15,20,26H,4,8-9,11-12,14H2,1-3H3. The van der Waals surface area contributed by atoms with Gasteiger partial charge in [0.05, 0.1) is 17.4 Å². The number of rotatable bonds is 5. The molecule has 0 bridgehead atoms. The van der Waals surface area contributed by atoms with Gasteiger partial charge >= 0.3 is 5.97 Å². The Morgan fingerprint density at radius 1 is 1.21 bits per heavy atom. The highest BCUT2D eigenvalue weighted by molar-refractivity contribution is 7.90. The van der Waals surface area contributed by atoms with Crippen molar-refractivity contribution in [2.24, 2.45) is 18.4 Å². The van der Waals surface area contributed by atoms with Crippen LogP contribution in [0.5, 0.6) is 0 Å². The molecule has 1 saturated carbocycles. The number of piperidine rings is 1. The van der Waals surface area contributed by atoms with Crippen molar-refractivity contribution >= 4 is 32.4 Å². The summed E-state index contributed by atoms with van der Waals surface area (Å²) in [6.45, 7) is 3.77. The van der Waals surface area contributed by atoms with E-state index in [2.05, 4.69) is 9.88 Å². The molecule has 2 aromatic heterocycles. The molecular weight excluding hydrogens is 454 g/mol. The minimum Gasteiger partial charge on any atom is -0.466 e. The maximum Gasteiger partial charge on any atom is 0.309 e. The number of esters is 1. The van der Waals surface area contributed by atoms with E-state index >= 15 is 0 Å². The lowest BCUT2D eigenvalue weighted by molar-refractivity contribution is -0.145. The number of aromatic nitrogens is 2. The molecule has 9 heteroatoms. The number of aromatic amines is 1. The summed E-state index contributed by atoms with van der Waals surface area (Å²) in [7, 11) is -1.72. The zero-order valence-corrected chi connectivity index (χ0v) is 20.4. The Morgan fingerprint density at radius 2 is 1.94 bits per heavy atom. The van der Waals surface area contributed by atoms with Crippen molar-refractivity contribution in [3.63, 3.8) is 0 Å². The van der Waals surface area contributed by atoms with E-state index in [0.717, 1.165) is 54.6 Å². The fraction of sp³-hybridized carbons (Fsp3) is 0.440. The zero-order chi connectivity index (χ0) is 24.3. The molecule has 8 nitrogen and oxygen atoms in total. The summed E-state index contributed by atoms with van der Waals surface area (Å²) in [6, 6.07) is 7.07. The number of nitrogens with zero attached hydrogens (tertiary/aromatic N) is 2. The predicted molar refractivity (Wildman–Crippen MR) is 131 cm³/mol. The van der Waals surface area contributed by atoms with Crippen LogP contribution >= 0.6 is 0 Å². The highest BCUT2D eigenvalue weighted by Gasteiger charge is 2.59. The first kappa shape index (κ1) is 22.7. The number of nitrogens with one attached hydrogen (secondary N) is 1. The van der Waals surface area contributed by atoms with Crippen molar-refractivity contribution in [2.45, 2.75) is 31.1 Å². The van der Waals surface area contributed by atoms with Crippen molar-refractivity contribution in [1.29, 1.82) is 0 Å². The van der Waals surface area contributed by atoms with Gasteiger partial charge in [-0.3, -0.25) is 9.59 Å². The first-order valence-corrected chi connectivity index (χ1v) is 13.5. The number of pyridine rings is 1. The average Bonchev–Trinajstić information content (AvgIpc) is 3.26. The van der Waals surface area contributed by atoms with E-state index < -0.39 is 9.84 Å². The van der Waals surface area contributed by atoms with Crippen molar-refractivity contribution in [3.8, 4) is 11.1 Å². The number of sulfone groups is 1. The van der Waals surface area contributed by atoms with E-state index in [-0.39, 0.29) is 27.8 Å². The molecule has 1 spiro atoms. The number of H-pyrrole nitrogens is 1. The maximum absolute atomic E-state index is 12.6. The molecule has 1 aliphatic heterocycles. The Morgan fingerprint density at radius 3 is 2.62 bits per heavy atom. The Bertz CT molecular complexity index is 1440. The van der Waals surface area contributed by atoms with Crippen LogP contribution in [0.4, 0.5) is 5.69 Å². The summed E-state index contributed by atoms with van der Waals surface area (Å²) in [5.41, 5.74) is 2.88. The van der Waals surface area contributed by atoms with E-state index in [1.165, 1.54) is 10.8 Å². The van der Waals surface area contributed by atoms with Crippen LogP contribution in [0, 0.1) is 11.3 Å². The Kier molecular flexibility index (Phi) is 5.35. The van der Waals surface area contributed by atoms with Gasteiger partial charge in [0.25, 0.3) is 5.56 Å². The third kappa shape index (κ3) is 3.72. The fourth-order valence-corrected chi connectivity index (χ4v) is 6.04. The van der Waals surface area contributed by atoms with Gasteiger partial charge in [-0.2, -0.15) is 0 Å². The minimum absolute atomic E-state index is 0.00944. The quantitative estimate of drug-likeness (QED) is 0.560. The molecule has 3 heterocycles. The highest BCUT2D eigenvalue weighted by Crippen LogP contribution is 2.60. The lowest BCUT2D eigenvalue weighted by Crippen LogP contribution is -2.36. The van der Waals surface area contributed by atoms with Crippen LogP contribution in [0.25, 0.3) is 22.0 Å². The number of hydrogen-bond donors (Lipinski definition) is 1. The topological polar surface area (TPSA) is 101 Å². The van der Waals surface area contributed by atoms with Gasteiger partial charge < -0.3 is 19.2 Å². The lowest BCUT2D eigenvalue weighted by atomic mass is 9.89. The molecule has 2 fully saturated rings. The zero-order valence-electron chi connectivity index (χ0n) is 19.6. The first-order valence-electron chi connectivity index (χ1n) is 11.6. The average molecular weight is 484 g/mol. The number of anilines is 1. The number of fused-ring (bicyclic) bond motifs is 1. The number of benzene rings is 1. The van der Waals surface area contributed by atoms with Crippen LogP contribution in [0.3, 0.4) is 0 Å². The van der Waals surface area contributed by atoms with E-state index in [9.17, 15) is 18.0 Å².